The van der Waals surface area contributed by atoms with Gasteiger partial charge in [-0.2, -0.15) is 5.10 Å². The van der Waals surface area contributed by atoms with E-state index in [4.69, 9.17) is 0 Å². The van der Waals surface area contributed by atoms with Gasteiger partial charge in [-0.3, -0.25) is 14.5 Å². The molecular formula is C18H24N6O. The van der Waals surface area contributed by atoms with Crippen molar-refractivity contribution >= 4 is 17.6 Å². The minimum absolute atomic E-state index is 0.0514. The summed E-state index contributed by atoms with van der Waals surface area (Å²) in [6.45, 7) is 4.90. The smallest absolute Gasteiger partial charge is 0.225 e. The highest BCUT2D eigenvalue weighted by Crippen LogP contribution is 2.31. The molecular weight excluding hydrogens is 316 g/mol. The van der Waals surface area contributed by atoms with E-state index in [0.717, 1.165) is 36.8 Å². The van der Waals surface area contributed by atoms with Crippen molar-refractivity contribution in [3.63, 3.8) is 0 Å². The van der Waals surface area contributed by atoms with Crippen molar-refractivity contribution < 1.29 is 4.79 Å². The van der Waals surface area contributed by atoms with E-state index in [-0.39, 0.29) is 11.8 Å². The molecule has 25 heavy (non-hydrogen) atoms. The molecule has 0 saturated heterocycles. The predicted molar refractivity (Wildman–Crippen MR) is 98.6 cm³/mol. The zero-order chi connectivity index (χ0) is 17.5. The van der Waals surface area contributed by atoms with Gasteiger partial charge in [-0.05, 0) is 24.6 Å². The molecule has 0 bridgehead atoms. The van der Waals surface area contributed by atoms with Crippen LogP contribution in [0.25, 0.3) is 0 Å². The van der Waals surface area contributed by atoms with E-state index < -0.39 is 0 Å². The van der Waals surface area contributed by atoms with E-state index >= 15 is 0 Å². The molecule has 1 aliphatic heterocycles. The second-order valence-corrected chi connectivity index (χ2v) is 5.95. The van der Waals surface area contributed by atoms with Crippen molar-refractivity contribution in [1.29, 1.82) is 0 Å². The molecule has 0 aliphatic carbocycles. The quantitative estimate of drug-likeness (QED) is 0.550. The fraction of sp³-hybridized carbons (Fsp3) is 0.389. The number of para-hydroxylation sites is 1. The van der Waals surface area contributed by atoms with Crippen LogP contribution in [0.15, 0.2) is 47.7 Å². The first-order chi connectivity index (χ1) is 12.3. The third-order valence-corrected chi connectivity index (χ3v) is 4.11. The molecule has 1 atom stereocenters. The highest BCUT2D eigenvalue weighted by Gasteiger charge is 2.24. The standard InChI is InChI=1S/C18H24N6O/c1-2-19-18(20-9-11-24-10-5-8-22-24)21-13-14-12-17(25)23-16-7-4-3-6-15(14)16/h3-8,10,14H,2,9,11-13H2,1H3,(H,23,25)(H2,19,20,21). The number of amides is 1. The number of hydrogen-bond acceptors (Lipinski definition) is 3. The van der Waals surface area contributed by atoms with E-state index in [1.165, 1.54) is 0 Å². The Morgan fingerprint density at radius 3 is 3.04 bits per heavy atom. The zero-order valence-electron chi connectivity index (χ0n) is 14.4. The molecule has 0 radical (unpaired) electrons. The molecule has 7 nitrogen and oxygen atoms in total. The van der Waals surface area contributed by atoms with Gasteiger partial charge in [-0.1, -0.05) is 18.2 Å². The number of guanidine groups is 1. The van der Waals surface area contributed by atoms with Gasteiger partial charge in [0.25, 0.3) is 0 Å². The third-order valence-electron chi connectivity index (χ3n) is 4.11. The number of nitrogens with one attached hydrogen (secondary N) is 3. The predicted octanol–water partition coefficient (Wildman–Crippen LogP) is 1.56. The average Bonchev–Trinajstić information content (AvgIpc) is 3.12. The van der Waals surface area contributed by atoms with Gasteiger partial charge in [-0.15, -0.1) is 0 Å². The van der Waals surface area contributed by atoms with Crippen molar-refractivity contribution in [3.05, 3.63) is 48.3 Å². The van der Waals surface area contributed by atoms with Crippen LogP contribution in [0, 0.1) is 0 Å². The van der Waals surface area contributed by atoms with Crippen LogP contribution in [0.5, 0.6) is 0 Å². The topological polar surface area (TPSA) is 83.3 Å². The average molecular weight is 340 g/mol. The lowest BCUT2D eigenvalue weighted by atomic mass is 9.91. The molecule has 0 saturated carbocycles. The number of aromatic nitrogens is 2. The van der Waals surface area contributed by atoms with Gasteiger partial charge in [0.15, 0.2) is 5.96 Å². The first-order valence-electron chi connectivity index (χ1n) is 8.64. The first kappa shape index (κ1) is 17.0. The minimum Gasteiger partial charge on any atom is -0.357 e. The normalized spacial score (nSPS) is 16.9. The number of carbonyl (C=O) groups excluding carboxylic acids is 1. The number of aliphatic imine (C=N–C) groups is 1. The maximum atomic E-state index is 11.9. The molecule has 7 heteroatoms. The summed E-state index contributed by atoms with van der Waals surface area (Å²) in [5.74, 6) is 0.917. The van der Waals surface area contributed by atoms with Gasteiger partial charge in [0, 0.05) is 43.5 Å². The lowest BCUT2D eigenvalue weighted by molar-refractivity contribution is -0.116. The van der Waals surface area contributed by atoms with Gasteiger partial charge in [-0.25, -0.2) is 0 Å². The Morgan fingerprint density at radius 2 is 2.24 bits per heavy atom. The summed E-state index contributed by atoms with van der Waals surface area (Å²) >= 11 is 0. The van der Waals surface area contributed by atoms with Crippen molar-refractivity contribution in [2.24, 2.45) is 4.99 Å². The van der Waals surface area contributed by atoms with Gasteiger partial charge >= 0.3 is 0 Å². The number of hydrogen-bond donors (Lipinski definition) is 3. The second-order valence-electron chi connectivity index (χ2n) is 5.95. The fourth-order valence-electron chi connectivity index (χ4n) is 2.93. The van der Waals surface area contributed by atoms with Crippen molar-refractivity contribution in [2.45, 2.75) is 25.8 Å². The molecule has 1 aliphatic rings. The molecule has 1 aromatic heterocycles. The monoisotopic (exact) mass is 340 g/mol. The third kappa shape index (κ3) is 4.59. The first-order valence-corrected chi connectivity index (χ1v) is 8.64. The highest BCUT2D eigenvalue weighted by molar-refractivity contribution is 5.94. The lowest BCUT2D eigenvalue weighted by Crippen LogP contribution is -2.39. The number of rotatable bonds is 6. The SMILES string of the molecule is CCNC(=NCC1CC(=O)Nc2ccccc21)NCCn1cccn1. The molecule has 0 fully saturated rings. The van der Waals surface area contributed by atoms with E-state index in [1.807, 2.05) is 42.1 Å². The van der Waals surface area contributed by atoms with Crippen LogP contribution in [-0.2, 0) is 11.3 Å². The summed E-state index contributed by atoms with van der Waals surface area (Å²) < 4.78 is 1.87. The van der Waals surface area contributed by atoms with E-state index in [9.17, 15) is 4.79 Å². The van der Waals surface area contributed by atoms with Crippen LogP contribution in [0.2, 0.25) is 0 Å². The van der Waals surface area contributed by atoms with Crippen LogP contribution < -0.4 is 16.0 Å². The molecule has 2 heterocycles. The number of benzene rings is 1. The number of carbonyl (C=O) groups is 1. The number of fused-ring (bicyclic) bond motifs is 1. The molecule has 1 aromatic carbocycles. The molecule has 0 spiro atoms. The summed E-state index contributed by atoms with van der Waals surface area (Å²) in [6, 6.07) is 9.85. The maximum Gasteiger partial charge on any atom is 0.225 e. The van der Waals surface area contributed by atoms with Crippen LogP contribution >= 0.6 is 0 Å². The molecule has 3 rings (SSSR count). The van der Waals surface area contributed by atoms with Crippen LogP contribution in [0.4, 0.5) is 5.69 Å². The Balaban J connectivity index is 1.62. The second kappa shape index (κ2) is 8.32. The molecule has 1 amide bonds. The van der Waals surface area contributed by atoms with Gasteiger partial charge < -0.3 is 16.0 Å². The van der Waals surface area contributed by atoms with Gasteiger partial charge in [0.1, 0.15) is 0 Å². The highest BCUT2D eigenvalue weighted by atomic mass is 16.1. The minimum atomic E-state index is 0.0514. The van der Waals surface area contributed by atoms with Crippen molar-refractivity contribution in [2.75, 3.05) is 25.0 Å². The zero-order valence-corrected chi connectivity index (χ0v) is 14.4. The molecule has 1 unspecified atom stereocenters. The van der Waals surface area contributed by atoms with Crippen LogP contribution in [-0.4, -0.2) is 41.3 Å². The Kier molecular flexibility index (Phi) is 5.66. The van der Waals surface area contributed by atoms with Gasteiger partial charge in [0.05, 0.1) is 13.1 Å². The van der Waals surface area contributed by atoms with E-state index in [0.29, 0.717) is 13.0 Å². The van der Waals surface area contributed by atoms with Crippen molar-refractivity contribution in [1.82, 2.24) is 20.4 Å². The lowest BCUT2D eigenvalue weighted by Gasteiger charge is -2.24. The molecule has 3 N–H and O–H groups in total. The van der Waals surface area contributed by atoms with Crippen LogP contribution in [0.1, 0.15) is 24.8 Å². The molecule has 132 valence electrons. The van der Waals surface area contributed by atoms with E-state index in [1.54, 1.807) is 6.20 Å². The summed E-state index contributed by atoms with van der Waals surface area (Å²) in [7, 11) is 0. The largest absolute Gasteiger partial charge is 0.357 e. The number of anilines is 1. The summed E-state index contributed by atoms with van der Waals surface area (Å²) in [6.07, 6.45) is 4.17. The maximum absolute atomic E-state index is 11.9. The Labute approximate surface area is 147 Å². The summed E-state index contributed by atoms with van der Waals surface area (Å²) in [5.41, 5.74) is 2.05. The molecule has 2 aromatic rings. The summed E-state index contributed by atoms with van der Waals surface area (Å²) in [4.78, 5) is 16.6. The fourth-order valence-corrected chi connectivity index (χ4v) is 2.93. The van der Waals surface area contributed by atoms with Crippen LogP contribution in [0.3, 0.4) is 0 Å². The number of nitrogens with zero attached hydrogens (tertiary/aromatic N) is 3. The Hall–Kier alpha value is -2.83. The van der Waals surface area contributed by atoms with Crippen molar-refractivity contribution in [3.8, 4) is 0 Å². The Morgan fingerprint density at radius 1 is 1.36 bits per heavy atom. The van der Waals surface area contributed by atoms with E-state index in [2.05, 4.69) is 32.1 Å². The Bertz CT molecular complexity index is 725. The summed E-state index contributed by atoms with van der Waals surface area (Å²) in [5, 5.41) is 13.7. The van der Waals surface area contributed by atoms with Gasteiger partial charge in [0.2, 0.25) is 5.91 Å².